The Morgan fingerprint density at radius 3 is 2.30 bits per heavy atom. The van der Waals surface area contributed by atoms with Crippen molar-refractivity contribution in [3.63, 3.8) is 0 Å². The van der Waals surface area contributed by atoms with Gasteiger partial charge in [0, 0.05) is 57.9 Å². The number of benzene rings is 1. The third kappa shape index (κ3) is 5.57. The van der Waals surface area contributed by atoms with Crippen LogP contribution in [-0.2, 0) is 10.2 Å². The molecular formula is C22H34ClN5O4S. The molecule has 4 rings (SSSR count). The van der Waals surface area contributed by atoms with Gasteiger partial charge in [-0.3, -0.25) is 4.79 Å². The number of hydrogen-bond donors (Lipinski definition) is 2. The Morgan fingerprint density at radius 2 is 1.73 bits per heavy atom. The molecule has 33 heavy (non-hydrogen) atoms. The third-order valence-corrected chi connectivity index (χ3v) is 9.41. The van der Waals surface area contributed by atoms with Crippen LogP contribution >= 0.6 is 11.6 Å². The van der Waals surface area contributed by atoms with E-state index in [1.807, 2.05) is 0 Å². The Labute approximate surface area is 201 Å². The number of hydrogen-bond acceptors (Lipinski definition) is 6. The number of carbonyl (C=O) groups is 1. The van der Waals surface area contributed by atoms with Gasteiger partial charge in [-0.05, 0) is 44.1 Å². The van der Waals surface area contributed by atoms with E-state index in [1.165, 1.54) is 7.11 Å². The average Bonchev–Trinajstić information content (AvgIpc) is 2.75. The van der Waals surface area contributed by atoms with E-state index in [1.54, 1.807) is 20.7 Å². The highest BCUT2D eigenvalue weighted by Gasteiger charge is 2.36. The molecule has 1 aromatic rings. The highest BCUT2D eigenvalue weighted by Crippen LogP contribution is 2.29. The molecule has 0 aromatic heterocycles. The second-order valence-electron chi connectivity index (χ2n) is 9.23. The first-order valence-corrected chi connectivity index (χ1v) is 13.5. The van der Waals surface area contributed by atoms with Crippen molar-refractivity contribution in [2.75, 3.05) is 58.7 Å². The number of nitrogens with two attached hydrogens (primary N) is 1. The van der Waals surface area contributed by atoms with E-state index in [-0.39, 0.29) is 11.9 Å². The molecule has 0 spiro atoms. The summed E-state index contributed by atoms with van der Waals surface area (Å²) in [5, 5.41) is 3.43. The van der Waals surface area contributed by atoms with Crippen molar-refractivity contribution in [3.8, 4) is 5.75 Å². The maximum Gasteiger partial charge on any atom is 0.281 e. The summed E-state index contributed by atoms with van der Waals surface area (Å²) in [6, 6.07) is 3.22. The zero-order valence-electron chi connectivity index (χ0n) is 19.1. The van der Waals surface area contributed by atoms with Crippen LogP contribution in [0.2, 0.25) is 5.02 Å². The molecule has 11 heteroatoms. The number of nitrogen functional groups attached to an aromatic ring is 1. The molecule has 3 N–H and O–H groups in total. The van der Waals surface area contributed by atoms with Gasteiger partial charge in [0.1, 0.15) is 5.75 Å². The van der Waals surface area contributed by atoms with Gasteiger partial charge < -0.3 is 20.7 Å². The fourth-order valence-corrected chi connectivity index (χ4v) is 6.69. The topological polar surface area (TPSA) is 108 Å². The quantitative estimate of drug-likeness (QED) is 0.554. The molecule has 3 aliphatic rings. The van der Waals surface area contributed by atoms with Crippen LogP contribution in [0.4, 0.5) is 5.69 Å². The minimum absolute atomic E-state index is 0.0956. The molecule has 9 nitrogen and oxygen atoms in total. The standard InChI is InChI=1S/C22H34ClN5O4S/c1-32-21-14-20(24)19(23)13-18(21)22(29)25-17-5-9-26(10-6-17)15-16-3-11-28(12-4-16)33(30,31)27-7-2-8-27/h13-14,16-17H,2-12,15,24H2,1H3,(H,25,29). The molecule has 0 bridgehead atoms. The van der Waals surface area contributed by atoms with Crippen molar-refractivity contribution in [1.29, 1.82) is 0 Å². The van der Waals surface area contributed by atoms with Gasteiger partial charge in [-0.2, -0.15) is 17.0 Å². The normalized spacial score (nSPS) is 22.1. The summed E-state index contributed by atoms with van der Waals surface area (Å²) in [4.78, 5) is 15.2. The number of rotatable bonds is 7. The van der Waals surface area contributed by atoms with Gasteiger partial charge in [0.25, 0.3) is 16.1 Å². The molecule has 3 fully saturated rings. The Balaban J connectivity index is 1.21. The number of carbonyl (C=O) groups excluding carboxylic acids is 1. The van der Waals surface area contributed by atoms with Crippen molar-refractivity contribution in [1.82, 2.24) is 18.8 Å². The van der Waals surface area contributed by atoms with Gasteiger partial charge in [-0.15, -0.1) is 0 Å². The highest BCUT2D eigenvalue weighted by molar-refractivity contribution is 7.86. The maximum absolute atomic E-state index is 12.8. The number of nitrogens with one attached hydrogen (secondary N) is 1. The number of likely N-dealkylation sites (tertiary alicyclic amines) is 1. The fraction of sp³-hybridized carbons (Fsp3) is 0.682. The van der Waals surface area contributed by atoms with E-state index in [4.69, 9.17) is 22.1 Å². The summed E-state index contributed by atoms with van der Waals surface area (Å²) in [6.07, 6.45) is 4.52. The maximum atomic E-state index is 12.8. The monoisotopic (exact) mass is 499 g/mol. The SMILES string of the molecule is COc1cc(N)c(Cl)cc1C(=O)NC1CCN(CC2CCN(S(=O)(=O)N3CCC3)CC2)CC1. The zero-order valence-corrected chi connectivity index (χ0v) is 20.7. The Kier molecular flexibility index (Phi) is 7.69. The predicted octanol–water partition coefficient (Wildman–Crippen LogP) is 1.79. The van der Waals surface area contributed by atoms with Crippen LogP contribution < -0.4 is 15.8 Å². The van der Waals surface area contributed by atoms with E-state index in [0.717, 1.165) is 51.7 Å². The number of methoxy groups -OCH3 is 1. The van der Waals surface area contributed by atoms with Crippen molar-refractivity contribution < 1.29 is 17.9 Å². The predicted molar refractivity (Wildman–Crippen MR) is 129 cm³/mol. The Morgan fingerprint density at radius 1 is 1.09 bits per heavy atom. The lowest BCUT2D eigenvalue weighted by Gasteiger charge is -2.40. The molecule has 3 aliphatic heterocycles. The lowest BCUT2D eigenvalue weighted by atomic mass is 9.95. The van der Waals surface area contributed by atoms with Gasteiger partial charge >= 0.3 is 0 Å². The molecule has 0 saturated carbocycles. The number of nitrogens with zero attached hydrogens (tertiary/aromatic N) is 3. The van der Waals surface area contributed by atoms with E-state index in [0.29, 0.717) is 54.1 Å². The van der Waals surface area contributed by atoms with E-state index in [9.17, 15) is 13.2 Å². The van der Waals surface area contributed by atoms with Crippen molar-refractivity contribution in [3.05, 3.63) is 22.7 Å². The lowest BCUT2D eigenvalue weighted by molar-refractivity contribution is 0.0895. The zero-order chi connectivity index (χ0) is 23.6. The Hall–Kier alpha value is -1.59. The largest absolute Gasteiger partial charge is 0.496 e. The van der Waals surface area contributed by atoms with Gasteiger partial charge in [-0.25, -0.2) is 0 Å². The molecule has 0 radical (unpaired) electrons. The molecule has 184 valence electrons. The first-order chi connectivity index (χ1) is 15.8. The second kappa shape index (κ2) is 10.4. The number of anilines is 1. The van der Waals surface area contributed by atoms with E-state index in [2.05, 4.69) is 10.2 Å². The summed E-state index contributed by atoms with van der Waals surface area (Å²) in [6.45, 7) is 5.36. The Bertz CT molecular complexity index is 956. The molecule has 0 aliphatic carbocycles. The molecule has 0 atom stereocenters. The van der Waals surface area contributed by atoms with Gasteiger partial charge in [0.05, 0.1) is 23.4 Å². The number of piperidine rings is 2. The summed E-state index contributed by atoms with van der Waals surface area (Å²) in [7, 11) is -1.74. The highest BCUT2D eigenvalue weighted by atomic mass is 35.5. The van der Waals surface area contributed by atoms with Crippen molar-refractivity contribution >= 4 is 33.4 Å². The summed E-state index contributed by atoms with van der Waals surface area (Å²) >= 11 is 6.09. The van der Waals surface area contributed by atoms with E-state index < -0.39 is 10.2 Å². The van der Waals surface area contributed by atoms with Crippen LogP contribution in [0.15, 0.2) is 12.1 Å². The van der Waals surface area contributed by atoms with Gasteiger partial charge in [0.15, 0.2) is 0 Å². The molecule has 0 unspecified atom stereocenters. The average molecular weight is 500 g/mol. The van der Waals surface area contributed by atoms with Gasteiger partial charge in [0.2, 0.25) is 0 Å². The summed E-state index contributed by atoms with van der Waals surface area (Å²) in [5.41, 5.74) is 6.57. The molecular weight excluding hydrogens is 466 g/mol. The van der Waals surface area contributed by atoms with Gasteiger partial charge in [-0.1, -0.05) is 11.6 Å². The number of ether oxygens (including phenoxy) is 1. The smallest absolute Gasteiger partial charge is 0.281 e. The van der Waals surface area contributed by atoms with Crippen LogP contribution in [0.25, 0.3) is 0 Å². The van der Waals surface area contributed by atoms with Crippen LogP contribution in [0, 0.1) is 5.92 Å². The summed E-state index contributed by atoms with van der Waals surface area (Å²) in [5.74, 6) is 0.720. The third-order valence-electron chi connectivity index (χ3n) is 7.04. The first kappa shape index (κ1) is 24.5. The minimum Gasteiger partial charge on any atom is -0.496 e. The molecule has 3 heterocycles. The van der Waals surface area contributed by atoms with Crippen molar-refractivity contribution in [2.45, 2.75) is 38.1 Å². The minimum atomic E-state index is -3.25. The van der Waals surface area contributed by atoms with Crippen LogP contribution in [0.1, 0.15) is 42.5 Å². The van der Waals surface area contributed by atoms with Crippen molar-refractivity contribution in [2.24, 2.45) is 5.92 Å². The van der Waals surface area contributed by atoms with Crippen LogP contribution in [0.5, 0.6) is 5.75 Å². The first-order valence-electron chi connectivity index (χ1n) is 11.7. The van der Waals surface area contributed by atoms with Crippen LogP contribution in [-0.4, -0.2) is 86.8 Å². The number of halogens is 1. The number of amides is 1. The second-order valence-corrected chi connectivity index (χ2v) is 11.6. The molecule has 1 amide bonds. The van der Waals surface area contributed by atoms with Crippen LogP contribution in [0.3, 0.4) is 0 Å². The fourth-order valence-electron chi connectivity index (χ4n) is 4.81. The summed E-state index contributed by atoms with van der Waals surface area (Å²) < 4.78 is 33.6. The molecule has 3 saturated heterocycles. The lowest BCUT2D eigenvalue weighted by Crippen LogP contribution is -2.52. The van der Waals surface area contributed by atoms with E-state index >= 15 is 0 Å². The molecule has 1 aromatic carbocycles.